The summed E-state index contributed by atoms with van der Waals surface area (Å²) >= 11 is -2.70. The Kier molecular flexibility index (Phi) is 6.68. The fourth-order valence-corrected chi connectivity index (χ4v) is 6.38. The molecule has 1 aliphatic heterocycles. The van der Waals surface area contributed by atoms with Gasteiger partial charge in [0.15, 0.2) is 0 Å². The summed E-state index contributed by atoms with van der Waals surface area (Å²) in [6.45, 7) is 4.77. The Labute approximate surface area is 191 Å². The molecule has 1 aliphatic rings. The standard InChI is InChI=1S/C21H23NO5S2.Li/c1-21(2)14-16(10-11-27-21)15-8-9-19-17(12-15)13-20(28(23)24)22(19)29(25,26)18-6-4-3-5-7-18;/h3-9,12-13,16H,10-11,14H2,1-2H3,(H,23,24);/q;+1/p-1/t16-;/m0./s1. The third-order valence-corrected chi connectivity index (χ3v) is 7.87. The molecule has 2 heterocycles. The molecule has 0 saturated carbocycles. The molecule has 154 valence electrons. The van der Waals surface area contributed by atoms with Crippen LogP contribution in [0.5, 0.6) is 0 Å². The van der Waals surface area contributed by atoms with Gasteiger partial charge in [-0.05, 0) is 79.6 Å². The first-order valence-electron chi connectivity index (χ1n) is 9.38. The van der Waals surface area contributed by atoms with Gasteiger partial charge in [-0.1, -0.05) is 24.3 Å². The molecule has 1 unspecified atom stereocenters. The van der Waals surface area contributed by atoms with Gasteiger partial charge in [0.2, 0.25) is 0 Å². The second-order valence-electron chi connectivity index (χ2n) is 7.92. The van der Waals surface area contributed by atoms with E-state index in [2.05, 4.69) is 13.8 Å². The first-order valence-corrected chi connectivity index (χ1v) is 11.9. The van der Waals surface area contributed by atoms with Gasteiger partial charge in [-0.2, -0.15) is 0 Å². The second-order valence-corrected chi connectivity index (χ2v) is 10.6. The largest absolute Gasteiger partial charge is 1.00 e. The zero-order chi connectivity index (χ0) is 20.8. The molecule has 0 bridgehead atoms. The molecule has 3 aromatic rings. The summed E-state index contributed by atoms with van der Waals surface area (Å²) in [4.78, 5) is 0.0412. The molecule has 0 spiro atoms. The Bertz CT molecular complexity index is 1190. The minimum absolute atomic E-state index is 0. The van der Waals surface area contributed by atoms with Crippen LogP contribution >= 0.6 is 0 Å². The van der Waals surface area contributed by atoms with E-state index < -0.39 is 21.1 Å². The molecule has 9 heteroatoms. The van der Waals surface area contributed by atoms with Crippen molar-refractivity contribution in [2.45, 2.75) is 48.1 Å². The Morgan fingerprint density at radius 1 is 1.13 bits per heavy atom. The number of ether oxygens (including phenoxy) is 1. The van der Waals surface area contributed by atoms with Crippen molar-refractivity contribution in [1.29, 1.82) is 0 Å². The van der Waals surface area contributed by atoms with E-state index in [1.54, 1.807) is 24.3 Å². The quantitative estimate of drug-likeness (QED) is 0.443. The molecule has 0 aliphatic carbocycles. The average Bonchev–Trinajstić information content (AvgIpc) is 3.08. The molecule has 4 rings (SSSR count). The number of aromatic nitrogens is 1. The normalized spacial score (nSPS) is 19.9. The molecule has 1 fully saturated rings. The zero-order valence-electron chi connectivity index (χ0n) is 17.2. The Hall–Kier alpha value is -1.40. The third-order valence-electron chi connectivity index (χ3n) is 5.37. The van der Waals surface area contributed by atoms with E-state index >= 15 is 0 Å². The van der Waals surface area contributed by atoms with Gasteiger partial charge in [0.1, 0.15) is 5.03 Å². The maximum Gasteiger partial charge on any atom is 1.00 e. The van der Waals surface area contributed by atoms with Gasteiger partial charge in [0.05, 0.1) is 16.0 Å². The van der Waals surface area contributed by atoms with Crippen molar-refractivity contribution in [2.75, 3.05) is 6.61 Å². The molecular weight excluding hydrogens is 417 g/mol. The fraction of sp³-hybridized carbons (Fsp3) is 0.333. The molecule has 30 heavy (non-hydrogen) atoms. The van der Waals surface area contributed by atoms with Crippen molar-refractivity contribution in [3.8, 4) is 0 Å². The van der Waals surface area contributed by atoms with Crippen molar-refractivity contribution < 1.29 is 40.8 Å². The minimum Gasteiger partial charge on any atom is -0.767 e. The van der Waals surface area contributed by atoms with E-state index in [0.717, 1.165) is 22.4 Å². The van der Waals surface area contributed by atoms with Crippen LogP contribution in [0.25, 0.3) is 10.9 Å². The van der Waals surface area contributed by atoms with Gasteiger partial charge in [-0.3, -0.25) is 4.21 Å². The van der Waals surface area contributed by atoms with Crippen molar-refractivity contribution in [1.82, 2.24) is 3.97 Å². The molecule has 0 amide bonds. The molecule has 2 atom stereocenters. The summed E-state index contributed by atoms with van der Waals surface area (Å²) in [5.74, 6) is 0.276. The second kappa shape index (κ2) is 8.62. The van der Waals surface area contributed by atoms with Crippen LogP contribution in [0.1, 0.15) is 38.2 Å². The summed E-state index contributed by atoms with van der Waals surface area (Å²) in [6.07, 6.45) is 1.72. The molecule has 0 radical (unpaired) electrons. The molecule has 0 N–H and O–H groups in total. The van der Waals surface area contributed by atoms with Crippen molar-refractivity contribution in [3.05, 3.63) is 60.2 Å². The predicted molar refractivity (Wildman–Crippen MR) is 110 cm³/mol. The minimum atomic E-state index is -4.05. The van der Waals surface area contributed by atoms with E-state index in [1.165, 1.54) is 18.2 Å². The van der Waals surface area contributed by atoms with E-state index in [0.29, 0.717) is 17.5 Å². The molecule has 1 aromatic heterocycles. The maximum absolute atomic E-state index is 13.2. The van der Waals surface area contributed by atoms with E-state index in [9.17, 15) is 17.2 Å². The molecule has 1 saturated heterocycles. The topological polar surface area (TPSA) is 88.4 Å². The van der Waals surface area contributed by atoms with Gasteiger partial charge in [-0.25, -0.2) is 12.4 Å². The zero-order valence-corrected chi connectivity index (χ0v) is 18.8. The van der Waals surface area contributed by atoms with Gasteiger partial charge in [-0.15, -0.1) is 0 Å². The summed E-state index contributed by atoms with van der Waals surface area (Å²) in [5.41, 5.74) is 1.19. The number of fused-ring (bicyclic) bond motifs is 1. The summed E-state index contributed by atoms with van der Waals surface area (Å²) in [7, 11) is -4.05. The number of hydrogen-bond donors (Lipinski definition) is 0. The van der Waals surface area contributed by atoms with Gasteiger partial charge in [0, 0.05) is 12.0 Å². The predicted octanol–water partition coefficient (Wildman–Crippen LogP) is 0.793. The van der Waals surface area contributed by atoms with Crippen LogP contribution in [0.15, 0.2) is 64.5 Å². The average molecular weight is 439 g/mol. The van der Waals surface area contributed by atoms with Crippen LogP contribution < -0.4 is 18.9 Å². The van der Waals surface area contributed by atoms with Crippen LogP contribution in [0.4, 0.5) is 0 Å². The van der Waals surface area contributed by atoms with Crippen LogP contribution in [0.3, 0.4) is 0 Å². The molecule has 6 nitrogen and oxygen atoms in total. The summed E-state index contributed by atoms with van der Waals surface area (Å²) in [6, 6.07) is 14.7. The molecular formula is C21H22LiNO5S2. The first kappa shape index (κ1) is 23.3. The Balaban J connectivity index is 0.00000256. The smallest absolute Gasteiger partial charge is 0.767 e. The Morgan fingerprint density at radius 2 is 1.83 bits per heavy atom. The van der Waals surface area contributed by atoms with Crippen LogP contribution in [-0.4, -0.2) is 33.4 Å². The van der Waals surface area contributed by atoms with E-state index in [4.69, 9.17) is 4.74 Å². The number of benzene rings is 2. The van der Waals surface area contributed by atoms with Gasteiger partial charge >= 0.3 is 18.9 Å². The van der Waals surface area contributed by atoms with E-state index in [-0.39, 0.29) is 40.3 Å². The summed E-state index contributed by atoms with van der Waals surface area (Å²) in [5, 5.41) is 0.318. The first-order chi connectivity index (χ1) is 13.7. The fourth-order valence-electron chi connectivity index (χ4n) is 4.02. The number of nitrogens with zero attached hydrogens (tertiary/aromatic N) is 1. The van der Waals surface area contributed by atoms with Crippen LogP contribution in [0, 0.1) is 0 Å². The summed E-state index contributed by atoms with van der Waals surface area (Å²) < 4.78 is 56.7. The van der Waals surface area contributed by atoms with Crippen molar-refractivity contribution >= 4 is 32.0 Å². The Morgan fingerprint density at radius 3 is 2.47 bits per heavy atom. The van der Waals surface area contributed by atoms with Crippen LogP contribution in [-0.2, 0) is 25.8 Å². The van der Waals surface area contributed by atoms with Gasteiger partial charge in [0.25, 0.3) is 10.0 Å². The monoisotopic (exact) mass is 439 g/mol. The van der Waals surface area contributed by atoms with Gasteiger partial charge < -0.3 is 9.29 Å². The maximum atomic E-state index is 13.2. The number of rotatable bonds is 4. The van der Waals surface area contributed by atoms with Crippen molar-refractivity contribution in [2.24, 2.45) is 0 Å². The van der Waals surface area contributed by atoms with Crippen LogP contribution in [0.2, 0.25) is 0 Å². The van der Waals surface area contributed by atoms with Crippen molar-refractivity contribution in [3.63, 3.8) is 0 Å². The van der Waals surface area contributed by atoms with E-state index in [1.807, 2.05) is 12.1 Å². The SMILES string of the molecule is CC1(C)C[C@@H](c2ccc3c(c2)cc(S(=O)[O-])n3S(=O)(=O)c2ccccc2)CCO1.[Li+]. The third kappa shape index (κ3) is 4.31. The number of hydrogen-bond acceptors (Lipinski definition) is 5. The molecule has 2 aromatic carbocycles.